The lowest BCUT2D eigenvalue weighted by molar-refractivity contribution is -0.157. The number of carbonyl (C=O) groups is 3. The summed E-state index contributed by atoms with van der Waals surface area (Å²) >= 11 is 0. The minimum absolute atomic E-state index is 0.0819. The third-order valence-corrected chi connectivity index (χ3v) is 6.29. The predicted octanol–water partition coefficient (Wildman–Crippen LogP) is 4.41. The molecule has 2 aromatic carbocycles. The Hall–Kier alpha value is -3.35. The van der Waals surface area contributed by atoms with E-state index in [1.807, 2.05) is 43.3 Å². The van der Waals surface area contributed by atoms with Crippen molar-refractivity contribution in [3.63, 3.8) is 0 Å². The van der Waals surface area contributed by atoms with Crippen LogP contribution in [0, 0.1) is 0 Å². The first-order chi connectivity index (χ1) is 15.7. The van der Waals surface area contributed by atoms with Gasteiger partial charge in [0.15, 0.2) is 0 Å². The molecule has 0 fully saturated rings. The van der Waals surface area contributed by atoms with Crippen LogP contribution >= 0.6 is 0 Å². The SMILES string of the molecule is CCC[C@H](NC(=O)OCC1c2ccccc2-c2ccccc21)C(=O)N(CC)C(C)(C)C(=O)O. The average Bonchev–Trinajstić information content (AvgIpc) is 3.11. The molecule has 2 aromatic rings. The number of carboxylic acids is 1. The largest absolute Gasteiger partial charge is 0.480 e. The van der Waals surface area contributed by atoms with Crippen LogP contribution in [0.5, 0.6) is 0 Å². The van der Waals surface area contributed by atoms with Gasteiger partial charge < -0.3 is 20.1 Å². The van der Waals surface area contributed by atoms with E-state index in [9.17, 15) is 19.5 Å². The number of nitrogens with zero attached hydrogens (tertiary/aromatic N) is 1. The van der Waals surface area contributed by atoms with Gasteiger partial charge in [0, 0.05) is 12.5 Å². The molecule has 33 heavy (non-hydrogen) atoms. The maximum absolute atomic E-state index is 13.1. The summed E-state index contributed by atoms with van der Waals surface area (Å²) in [4.78, 5) is 38.8. The number of likely N-dealkylation sites (N-methyl/N-ethyl adjacent to an activating group) is 1. The zero-order chi connectivity index (χ0) is 24.2. The van der Waals surface area contributed by atoms with Gasteiger partial charge in [0.25, 0.3) is 0 Å². The molecule has 0 bridgehead atoms. The highest BCUT2D eigenvalue weighted by atomic mass is 16.5. The standard InChI is InChI=1S/C26H32N2O5/c1-5-11-22(23(29)28(6-2)26(3,4)24(30)31)27-25(32)33-16-21-19-14-9-7-12-17(19)18-13-8-10-15-20(18)21/h7-10,12-15,21-22H,5-6,11,16H2,1-4H3,(H,27,32)(H,30,31)/t22-/m0/s1. The van der Waals surface area contributed by atoms with E-state index >= 15 is 0 Å². The van der Waals surface area contributed by atoms with Crippen molar-refractivity contribution in [2.45, 2.75) is 58.0 Å². The molecule has 2 N–H and O–H groups in total. The lowest BCUT2D eigenvalue weighted by Crippen LogP contribution is -2.58. The number of carboxylic acid groups (broad SMARTS) is 1. The number of rotatable bonds is 9. The van der Waals surface area contributed by atoms with Gasteiger partial charge in [-0.15, -0.1) is 0 Å². The van der Waals surface area contributed by atoms with E-state index in [2.05, 4.69) is 17.4 Å². The van der Waals surface area contributed by atoms with E-state index < -0.39 is 29.6 Å². The summed E-state index contributed by atoms with van der Waals surface area (Å²) in [6.45, 7) is 6.94. The van der Waals surface area contributed by atoms with Crippen molar-refractivity contribution in [2.24, 2.45) is 0 Å². The molecule has 7 nitrogen and oxygen atoms in total. The van der Waals surface area contributed by atoms with Gasteiger partial charge in [-0.2, -0.15) is 0 Å². The summed E-state index contributed by atoms with van der Waals surface area (Å²) < 4.78 is 5.58. The number of hydrogen-bond acceptors (Lipinski definition) is 4. The Morgan fingerprint density at radius 1 is 1.03 bits per heavy atom. The van der Waals surface area contributed by atoms with Crippen molar-refractivity contribution in [3.8, 4) is 11.1 Å². The molecule has 7 heteroatoms. The van der Waals surface area contributed by atoms with Crippen LogP contribution in [0.3, 0.4) is 0 Å². The summed E-state index contributed by atoms with van der Waals surface area (Å²) in [6.07, 6.45) is 0.341. The van der Waals surface area contributed by atoms with Crippen molar-refractivity contribution in [2.75, 3.05) is 13.2 Å². The lowest BCUT2D eigenvalue weighted by atomic mass is 9.98. The van der Waals surface area contributed by atoms with Crippen LogP contribution in [0.25, 0.3) is 11.1 Å². The minimum atomic E-state index is -1.39. The van der Waals surface area contributed by atoms with E-state index in [4.69, 9.17) is 4.74 Å². The Balaban J connectivity index is 1.71. The topological polar surface area (TPSA) is 95.9 Å². The summed E-state index contributed by atoms with van der Waals surface area (Å²) in [5.74, 6) is -1.61. The lowest BCUT2D eigenvalue weighted by Gasteiger charge is -2.36. The van der Waals surface area contributed by atoms with Crippen molar-refractivity contribution < 1.29 is 24.2 Å². The van der Waals surface area contributed by atoms with Crippen LogP contribution in [-0.4, -0.2) is 52.7 Å². The van der Waals surface area contributed by atoms with Gasteiger partial charge in [0.1, 0.15) is 18.2 Å². The molecular weight excluding hydrogens is 420 g/mol. The van der Waals surface area contributed by atoms with Crippen LogP contribution < -0.4 is 5.32 Å². The maximum atomic E-state index is 13.1. The van der Waals surface area contributed by atoms with Crippen LogP contribution in [0.2, 0.25) is 0 Å². The number of amides is 2. The third-order valence-electron chi connectivity index (χ3n) is 6.29. The molecule has 3 rings (SSSR count). The predicted molar refractivity (Wildman–Crippen MR) is 126 cm³/mol. The number of ether oxygens (including phenoxy) is 1. The second-order valence-electron chi connectivity index (χ2n) is 8.76. The van der Waals surface area contributed by atoms with Gasteiger partial charge in [-0.25, -0.2) is 9.59 Å². The molecule has 0 saturated carbocycles. The van der Waals surface area contributed by atoms with E-state index in [0.29, 0.717) is 12.8 Å². The molecule has 0 unspecified atom stereocenters. The average molecular weight is 453 g/mol. The smallest absolute Gasteiger partial charge is 0.407 e. The zero-order valence-electron chi connectivity index (χ0n) is 19.6. The van der Waals surface area contributed by atoms with Crippen molar-refractivity contribution in [1.29, 1.82) is 0 Å². The first-order valence-electron chi connectivity index (χ1n) is 11.4. The number of aliphatic carboxylic acids is 1. The zero-order valence-corrected chi connectivity index (χ0v) is 19.6. The molecule has 2 amide bonds. The van der Waals surface area contributed by atoms with Crippen LogP contribution in [0.15, 0.2) is 48.5 Å². The first-order valence-corrected chi connectivity index (χ1v) is 11.4. The van der Waals surface area contributed by atoms with Gasteiger partial charge in [-0.05, 0) is 49.4 Å². The second-order valence-corrected chi connectivity index (χ2v) is 8.76. The molecule has 0 aromatic heterocycles. The molecular formula is C26H32N2O5. The fraction of sp³-hybridized carbons (Fsp3) is 0.423. The maximum Gasteiger partial charge on any atom is 0.407 e. The number of benzene rings is 2. The highest BCUT2D eigenvalue weighted by molar-refractivity contribution is 5.91. The van der Waals surface area contributed by atoms with Gasteiger partial charge >= 0.3 is 12.1 Å². The Kier molecular flexibility index (Phi) is 7.41. The second kappa shape index (κ2) is 10.1. The summed E-state index contributed by atoms with van der Waals surface area (Å²) in [5.41, 5.74) is 3.09. The van der Waals surface area contributed by atoms with Gasteiger partial charge in [-0.3, -0.25) is 4.79 Å². The number of hydrogen-bond donors (Lipinski definition) is 2. The minimum Gasteiger partial charge on any atom is -0.480 e. The van der Waals surface area contributed by atoms with E-state index in [1.165, 1.54) is 18.7 Å². The molecule has 0 radical (unpaired) electrons. The number of nitrogens with one attached hydrogen (secondary N) is 1. The monoisotopic (exact) mass is 452 g/mol. The Morgan fingerprint density at radius 2 is 1.58 bits per heavy atom. The summed E-state index contributed by atoms with van der Waals surface area (Å²) in [7, 11) is 0. The number of carbonyl (C=O) groups excluding carboxylic acids is 2. The van der Waals surface area contributed by atoms with Gasteiger partial charge in [0.05, 0.1) is 0 Å². The van der Waals surface area contributed by atoms with Crippen LogP contribution in [0.4, 0.5) is 4.79 Å². The molecule has 0 heterocycles. The summed E-state index contributed by atoms with van der Waals surface area (Å²) in [5, 5.41) is 12.2. The molecule has 0 spiro atoms. The quantitative estimate of drug-likeness (QED) is 0.588. The highest BCUT2D eigenvalue weighted by Gasteiger charge is 2.40. The van der Waals surface area contributed by atoms with E-state index in [0.717, 1.165) is 22.3 Å². The summed E-state index contributed by atoms with van der Waals surface area (Å²) in [6, 6.07) is 15.3. The Morgan fingerprint density at radius 3 is 2.06 bits per heavy atom. The highest BCUT2D eigenvalue weighted by Crippen LogP contribution is 2.44. The van der Waals surface area contributed by atoms with E-state index in [1.54, 1.807) is 6.92 Å². The molecule has 1 aliphatic carbocycles. The van der Waals surface area contributed by atoms with Crippen LogP contribution in [-0.2, 0) is 14.3 Å². The molecule has 0 saturated heterocycles. The van der Waals surface area contributed by atoms with Crippen molar-refractivity contribution >= 4 is 18.0 Å². The fourth-order valence-corrected chi connectivity index (χ4v) is 4.46. The van der Waals surface area contributed by atoms with Gasteiger partial charge in [-0.1, -0.05) is 61.9 Å². The molecule has 1 atom stereocenters. The normalized spacial score (nSPS) is 13.6. The number of alkyl carbamates (subject to hydrolysis) is 1. The third kappa shape index (κ3) is 4.87. The number of fused-ring (bicyclic) bond motifs is 3. The molecule has 1 aliphatic rings. The fourth-order valence-electron chi connectivity index (χ4n) is 4.46. The Labute approximate surface area is 194 Å². The molecule has 0 aliphatic heterocycles. The molecule has 176 valence electrons. The first kappa shape index (κ1) is 24.3. The van der Waals surface area contributed by atoms with E-state index in [-0.39, 0.29) is 19.1 Å². The Bertz CT molecular complexity index is 987. The van der Waals surface area contributed by atoms with Crippen molar-refractivity contribution in [3.05, 3.63) is 59.7 Å². The van der Waals surface area contributed by atoms with Crippen LogP contribution in [0.1, 0.15) is 57.6 Å². The van der Waals surface area contributed by atoms with Gasteiger partial charge in [0.2, 0.25) is 5.91 Å². The van der Waals surface area contributed by atoms with Crippen molar-refractivity contribution in [1.82, 2.24) is 10.2 Å².